The predicted octanol–water partition coefficient (Wildman–Crippen LogP) is 1.21. The lowest BCUT2D eigenvalue weighted by molar-refractivity contribution is -0.0436. The van der Waals surface area contributed by atoms with E-state index in [9.17, 15) is 21.6 Å². The highest BCUT2D eigenvalue weighted by atomic mass is 32.2. The van der Waals surface area contributed by atoms with Gasteiger partial charge in [-0.3, -0.25) is 5.73 Å². The van der Waals surface area contributed by atoms with Crippen LogP contribution in [0.4, 0.5) is 19.0 Å². The number of rotatable bonds is 2. The van der Waals surface area contributed by atoms with Crippen LogP contribution in [0.25, 0.3) is 0 Å². The van der Waals surface area contributed by atoms with Gasteiger partial charge in [0.05, 0.1) is 10.5 Å². The molecule has 0 aliphatic carbocycles. The minimum Gasteiger partial charge on any atom is -0.383 e. The summed E-state index contributed by atoms with van der Waals surface area (Å²) in [5.41, 5.74) is 7.42. The van der Waals surface area contributed by atoms with Crippen molar-refractivity contribution < 1.29 is 21.6 Å². The Morgan fingerprint density at radius 1 is 1.12 bits per heavy atom. The summed E-state index contributed by atoms with van der Waals surface area (Å²) in [6.45, 7) is 0. The molecule has 11 heteroatoms. The van der Waals surface area contributed by atoms with Gasteiger partial charge >= 0.3 is 5.51 Å². The lowest BCUT2D eigenvalue weighted by Crippen LogP contribution is -2.47. The normalized spacial score (nSPS) is 20.9. The molecule has 2 heterocycles. The molecule has 1 atom stereocenters. The zero-order chi connectivity index (χ0) is 17.8. The molecule has 0 amide bonds. The van der Waals surface area contributed by atoms with Gasteiger partial charge in [0.15, 0.2) is 0 Å². The Morgan fingerprint density at radius 3 is 2.33 bits per heavy atom. The van der Waals surface area contributed by atoms with E-state index in [0.29, 0.717) is 11.4 Å². The predicted molar refractivity (Wildman–Crippen MR) is 80.7 cm³/mol. The molecule has 1 unspecified atom stereocenters. The van der Waals surface area contributed by atoms with E-state index in [4.69, 9.17) is 11.5 Å². The molecule has 0 radical (unpaired) electrons. The van der Waals surface area contributed by atoms with Gasteiger partial charge in [-0.25, -0.2) is 13.4 Å². The van der Waals surface area contributed by atoms with Gasteiger partial charge in [0.25, 0.3) is 9.84 Å². The van der Waals surface area contributed by atoms with Crippen LogP contribution in [0.15, 0.2) is 46.4 Å². The summed E-state index contributed by atoms with van der Waals surface area (Å²) in [5, 5.41) is 2.87. The molecule has 1 aliphatic rings. The van der Waals surface area contributed by atoms with E-state index < -0.39 is 26.0 Å². The molecule has 2 aromatic rings. The van der Waals surface area contributed by atoms with Gasteiger partial charge in [-0.2, -0.15) is 13.2 Å². The number of nitrogens with zero attached hydrogens (tertiary/aromatic N) is 1. The molecule has 7 nitrogen and oxygen atoms in total. The Balaban J connectivity index is 1.99. The number of hydrogen-bond donors (Lipinski definition) is 4. The number of alkyl halides is 3. The number of fused-ring (bicyclic) bond motifs is 1. The van der Waals surface area contributed by atoms with Crippen LogP contribution >= 0.6 is 0 Å². The number of H-pyrrole nitrogens is 1. The number of aliphatic imine (C=N–C) groups is 1. The van der Waals surface area contributed by atoms with Gasteiger partial charge in [-0.15, -0.1) is 0 Å². The third-order valence-corrected chi connectivity index (χ3v) is 5.05. The molecular formula is C13H12F3N5O2S. The van der Waals surface area contributed by atoms with Crippen LogP contribution in [0.5, 0.6) is 0 Å². The van der Waals surface area contributed by atoms with Gasteiger partial charge < -0.3 is 16.0 Å². The lowest BCUT2D eigenvalue weighted by atomic mass is 10.1. The molecule has 0 fully saturated rings. The number of nitrogens with two attached hydrogens (primary N) is 2. The fourth-order valence-corrected chi connectivity index (χ4v) is 3.08. The number of anilines is 1. The largest absolute Gasteiger partial charge is 0.501 e. The zero-order valence-electron chi connectivity index (χ0n) is 11.9. The summed E-state index contributed by atoms with van der Waals surface area (Å²) in [4.78, 5) is 6.10. The standard InChI is InChI=1S/C13H12F3N5O2S/c14-13(15,16)24(22,23)8-3-1-7(2-4-8)12(18)20-10(17)9-5-6-19-11(9)21-12/h1-6,19,21H,18H2,(H2,17,20). The van der Waals surface area contributed by atoms with E-state index in [1.165, 1.54) is 0 Å². The van der Waals surface area contributed by atoms with E-state index in [1.54, 1.807) is 12.3 Å². The van der Waals surface area contributed by atoms with Gasteiger partial charge in [0, 0.05) is 11.8 Å². The SMILES string of the molecule is NC1=NC(N)(c2ccc(S(=O)(=O)C(F)(F)F)cc2)Nc2[nH]ccc21. The summed E-state index contributed by atoms with van der Waals surface area (Å²) in [7, 11) is -5.42. The van der Waals surface area contributed by atoms with Crippen molar-refractivity contribution in [2.24, 2.45) is 16.5 Å². The van der Waals surface area contributed by atoms with E-state index in [-0.39, 0.29) is 11.4 Å². The summed E-state index contributed by atoms with van der Waals surface area (Å²) in [6, 6.07) is 5.63. The first-order valence-electron chi connectivity index (χ1n) is 6.57. The molecule has 0 bridgehead atoms. The minimum absolute atomic E-state index is 0.138. The van der Waals surface area contributed by atoms with E-state index in [2.05, 4.69) is 15.3 Å². The van der Waals surface area contributed by atoms with Crippen LogP contribution in [-0.2, 0) is 15.6 Å². The average Bonchev–Trinajstić information content (AvgIpc) is 2.94. The Kier molecular flexibility index (Phi) is 3.39. The maximum Gasteiger partial charge on any atom is 0.501 e. The number of nitrogens with one attached hydrogen (secondary N) is 2. The van der Waals surface area contributed by atoms with Gasteiger partial charge in [-0.1, -0.05) is 12.1 Å². The number of aromatic amines is 1. The van der Waals surface area contributed by atoms with Crippen molar-refractivity contribution in [2.45, 2.75) is 16.2 Å². The number of sulfone groups is 1. The highest BCUT2D eigenvalue weighted by Gasteiger charge is 2.47. The Labute approximate surface area is 134 Å². The van der Waals surface area contributed by atoms with Crippen LogP contribution in [0.3, 0.4) is 0 Å². The molecule has 3 rings (SSSR count). The first kappa shape index (κ1) is 16.3. The van der Waals surface area contributed by atoms with E-state index in [1.807, 2.05) is 0 Å². The maximum absolute atomic E-state index is 12.6. The lowest BCUT2D eigenvalue weighted by Gasteiger charge is -2.31. The van der Waals surface area contributed by atoms with Crippen molar-refractivity contribution in [3.8, 4) is 0 Å². The van der Waals surface area contributed by atoms with Crippen LogP contribution in [-0.4, -0.2) is 24.7 Å². The van der Waals surface area contributed by atoms with Crippen molar-refractivity contribution in [3.05, 3.63) is 47.7 Å². The molecule has 1 aromatic heterocycles. The quantitative estimate of drug-likeness (QED) is 0.641. The second kappa shape index (κ2) is 4.98. The molecule has 1 aliphatic heterocycles. The number of benzene rings is 1. The van der Waals surface area contributed by atoms with Crippen molar-refractivity contribution in [3.63, 3.8) is 0 Å². The molecule has 0 saturated carbocycles. The monoisotopic (exact) mass is 359 g/mol. The van der Waals surface area contributed by atoms with Gasteiger partial charge in [0.2, 0.25) is 5.79 Å². The maximum atomic E-state index is 12.6. The molecule has 128 valence electrons. The second-order valence-electron chi connectivity index (χ2n) is 5.13. The number of amidine groups is 1. The van der Waals surface area contributed by atoms with Gasteiger partial charge in [-0.05, 0) is 18.2 Å². The topological polar surface area (TPSA) is 126 Å². The number of halogens is 3. The smallest absolute Gasteiger partial charge is 0.383 e. The van der Waals surface area contributed by atoms with Crippen LogP contribution in [0.1, 0.15) is 11.1 Å². The van der Waals surface area contributed by atoms with Crippen molar-refractivity contribution in [1.82, 2.24) is 4.98 Å². The summed E-state index contributed by atoms with van der Waals surface area (Å²) in [6.07, 6.45) is 1.62. The fraction of sp³-hybridized carbons (Fsp3) is 0.154. The molecule has 24 heavy (non-hydrogen) atoms. The van der Waals surface area contributed by atoms with Crippen molar-refractivity contribution in [2.75, 3.05) is 5.32 Å². The van der Waals surface area contributed by atoms with Crippen molar-refractivity contribution in [1.29, 1.82) is 0 Å². The molecule has 0 saturated heterocycles. The van der Waals surface area contributed by atoms with Crippen molar-refractivity contribution >= 4 is 21.5 Å². The second-order valence-corrected chi connectivity index (χ2v) is 7.07. The first-order chi connectivity index (χ1) is 11.0. The highest BCUT2D eigenvalue weighted by Crippen LogP contribution is 2.33. The zero-order valence-corrected chi connectivity index (χ0v) is 12.7. The third kappa shape index (κ3) is 2.41. The first-order valence-corrected chi connectivity index (χ1v) is 8.05. The minimum atomic E-state index is -5.42. The number of aromatic nitrogens is 1. The van der Waals surface area contributed by atoms with Crippen LogP contribution in [0, 0.1) is 0 Å². The Morgan fingerprint density at radius 2 is 1.75 bits per heavy atom. The van der Waals surface area contributed by atoms with E-state index >= 15 is 0 Å². The van der Waals surface area contributed by atoms with Gasteiger partial charge in [0.1, 0.15) is 11.7 Å². The molecule has 1 aromatic carbocycles. The molecule has 6 N–H and O–H groups in total. The molecular weight excluding hydrogens is 347 g/mol. The van der Waals surface area contributed by atoms with Crippen LogP contribution < -0.4 is 16.8 Å². The average molecular weight is 359 g/mol. The summed E-state index contributed by atoms with van der Waals surface area (Å²) >= 11 is 0. The third-order valence-electron chi connectivity index (χ3n) is 3.54. The van der Waals surface area contributed by atoms with E-state index in [0.717, 1.165) is 24.3 Å². The highest BCUT2D eigenvalue weighted by molar-refractivity contribution is 7.92. The molecule has 0 spiro atoms. The Hall–Kier alpha value is -2.53. The summed E-state index contributed by atoms with van der Waals surface area (Å²) in [5.74, 6) is -0.904. The number of hydrogen-bond acceptors (Lipinski definition) is 6. The Bertz CT molecular complexity index is 918. The summed E-state index contributed by atoms with van der Waals surface area (Å²) < 4.78 is 60.4. The van der Waals surface area contributed by atoms with Crippen LogP contribution in [0.2, 0.25) is 0 Å². The fourth-order valence-electron chi connectivity index (χ4n) is 2.31.